The summed E-state index contributed by atoms with van der Waals surface area (Å²) in [5.74, 6) is 0.521. The predicted octanol–water partition coefficient (Wildman–Crippen LogP) is 1.89. The summed E-state index contributed by atoms with van der Waals surface area (Å²) in [7, 11) is 1.71. The molecular weight excluding hydrogens is 250 g/mol. The summed E-state index contributed by atoms with van der Waals surface area (Å²) in [4.78, 5) is 17.5. The molecule has 5 nitrogen and oxygen atoms in total. The Morgan fingerprint density at radius 3 is 2.72 bits per heavy atom. The second-order valence-electron chi connectivity index (χ2n) is 3.68. The van der Waals surface area contributed by atoms with Gasteiger partial charge in [0.15, 0.2) is 6.61 Å². The molecule has 0 aliphatic heterocycles. The van der Waals surface area contributed by atoms with Crippen molar-refractivity contribution in [2.45, 2.75) is 6.92 Å². The Labute approximate surface area is 109 Å². The van der Waals surface area contributed by atoms with Crippen LogP contribution in [-0.4, -0.2) is 28.9 Å². The van der Waals surface area contributed by atoms with Crippen LogP contribution >= 0.6 is 11.5 Å². The minimum Gasteiger partial charge on any atom is -0.459 e. The minimum absolute atomic E-state index is 0.0416. The first-order valence-corrected chi connectivity index (χ1v) is 6.19. The third-order valence-corrected chi connectivity index (χ3v) is 3.07. The van der Waals surface area contributed by atoms with Crippen LogP contribution < -0.4 is 9.64 Å². The zero-order valence-corrected chi connectivity index (χ0v) is 11.0. The molecule has 0 saturated carbocycles. The fourth-order valence-corrected chi connectivity index (χ4v) is 1.89. The first-order valence-electron chi connectivity index (χ1n) is 5.41. The molecule has 0 aliphatic rings. The second kappa shape index (κ2) is 5.59. The first kappa shape index (κ1) is 12.5. The molecule has 0 bridgehead atoms. The van der Waals surface area contributed by atoms with Gasteiger partial charge in [0.2, 0.25) is 0 Å². The minimum atomic E-state index is -0.131. The van der Waals surface area contributed by atoms with Gasteiger partial charge in [-0.1, -0.05) is 18.2 Å². The summed E-state index contributed by atoms with van der Waals surface area (Å²) in [5.41, 5.74) is 0.833. The monoisotopic (exact) mass is 263 g/mol. The van der Waals surface area contributed by atoms with Crippen molar-refractivity contribution in [1.29, 1.82) is 0 Å². The van der Waals surface area contributed by atoms with Gasteiger partial charge >= 0.3 is 0 Å². The normalized spacial score (nSPS) is 10.1. The average molecular weight is 263 g/mol. The lowest BCUT2D eigenvalue weighted by Crippen LogP contribution is -2.31. The van der Waals surface area contributed by atoms with E-state index in [1.807, 2.05) is 30.3 Å². The van der Waals surface area contributed by atoms with E-state index in [0.717, 1.165) is 17.2 Å². The Balaban J connectivity index is 1.92. The third kappa shape index (κ3) is 3.04. The quantitative estimate of drug-likeness (QED) is 0.845. The van der Waals surface area contributed by atoms with Crippen molar-refractivity contribution in [3.8, 4) is 5.19 Å². The van der Waals surface area contributed by atoms with Crippen molar-refractivity contribution >= 4 is 23.1 Å². The molecule has 1 heterocycles. The molecule has 0 unspecified atom stereocenters. The number of benzene rings is 1. The zero-order chi connectivity index (χ0) is 13.0. The molecule has 6 heteroatoms. The number of aromatic nitrogens is 2. The number of para-hydroxylation sites is 1. The Bertz CT molecular complexity index is 527. The van der Waals surface area contributed by atoms with E-state index in [0.29, 0.717) is 11.0 Å². The first-order chi connectivity index (χ1) is 8.66. The zero-order valence-electron chi connectivity index (χ0n) is 10.2. The van der Waals surface area contributed by atoms with Crippen LogP contribution in [-0.2, 0) is 4.79 Å². The topological polar surface area (TPSA) is 55.3 Å². The number of amides is 1. The van der Waals surface area contributed by atoms with Crippen molar-refractivity contribution in [3.05, 3.63) is 36.2 Å². The lowest BCUT2D eigenvalue weighted by Gasteiger charge is -2.16. The predicted molar refractivity (Wildman–Crippen MR) is 70.0 cm³/mol. The molecule has 2 rings (SSSR count). The van der Waals surface area contributed by atoms with Gasteiger partial charge in [-0.3, -0.25) is 4.79 Å². The van der Waals surface area contributed by atoms with Crippen LogP contribution in [0.15, 0.2) is 30.3 Å². The third-order valence-electron chi connectivity index (χ3n) is 2.35. The largest absolute Gasteiger partial charge is 0.459 e. The molecule has 18 heavy (non-hydrogen) atoms. The van der Waals surface area contributed by atoms with E-state index in [4.69, 9.17) is 4.74 Å². The van der Waals surface area contributed by atoms with E-state index in [1.54, 1.807) is 18.9 Å². The van der Waals surface area contributed by atoms with Gasteiger partial charge in [0, 0.05) is 24.3 Å². The van der Waals surface area contributed by atoms with Crippen molar-refractivity contribution in [2.75, 3.05) is 18.6 Å². The highest BCUT2D eigenvalue weighted by molar-refractivity contribution is 7.07. The molecule has 0 fully saturated rings. The summed E-state index contributed by atoms with van der Waals surface area (Å²) in [6.07, 6.45) is 0. The maximum absolute atomic E-state index is 11.9. The Morgan fingerprint density at radius 2 is 2.11 bits per heavy atom. The molecule has 0 atom stereocenters. The summed E-state index contributed by atoms with van der Waals surface area (Å²) in [5, 5.41) is 0.419. The van der Waals surface area contributed by atoms with Crippen molar-refractivity contribution < 1.29 is 9.53 Å². The van der Waals surface area contributed by atoms with Crippen LogP contribution in [0.4, 0.5) is 5.69 Å². The number of ether oxygens (including phenoxy) is 1. The molecule has 1 aromatic heterocycles. The smallest absolute Gasteiger partial charge is 0.293 e. The summed E-state index contributed by atoms with van der Waals surface area (Å²) < 4.78 is 9.26. The molecule has 0 aliphatic carbocycles. The molecule has 94 valence electrons. The van der Waals surface area contributed by atoms with Gasteiger partial charge in [0.1, 0.15) is 5.82 Å². The lowest BCUT2D eigenvalue weighted by molar-refractivity contribution is -0.120. The van der Waals surface area contributed by atoms with Gasteiger partial charge in [0.05, 0.1) is 0 Å². The fraction of sp³-hybridized carbons (Fsp3) is 0.250. The number of anilines is 1. The maximum atomic E-state index is 11.9. The molecule has 1 amide bonds. The van der Waals surface area contributed by atoms with Crippen LogP contribution in [0.25, 0.3) is 0 Å². The fourth-order valence-electron chi connectivity index (χ4n) is 1.35. The second-order valence-corrected chi connectivity index (χ2v) is 4.40. The molecule has 0 radical (unpaired) electrons. The van der Waals surface area contributed by atoms with Crippen LogP contribution in [0, 0.1) is 6.92 Å². The standard InChI is InChI=1S/C12H13N3O2S/c1-9-13-12(18-14-9)17-8-11(16)15(2)10-6-4-3-5-7-10/h3-7H,8H2,1-2H3. The highest BCUT2D eigenvalue weighted by Crippen LogP contribution is 2.14. The highest BCUT2D eigenvalue weighted by Gasteiger charge is 2.12. The average Bonchev–Trinajstić information content (AvgIpc) is 2.82. The van der Waals surface area contributed by atoms with E-state index in [2.05, 4.69) is 9.36 Å². The number of hydrogen-bond acceptors (Lipinski definition) is 5. The number of likely N-dealkylation sites (N-methyl/N-ethyl adjacent to an activating group) is 1. The van der Waals surface area contributed by atoms with Crippen molar-refractivity contribution in [1.82, 2.24) is 9.36 Å². The van der Waals surface area contributed by atoms with Gasteiger partial charge in [-0.25, -0.2) is 0 Å². The van der Waals surface area contributed by atoms with Gasteiger partial charge in [0.25, 0.3) is 11.1 Å². The molecule has 2 aromatic rings. The van der Waals surface area contributed by atoms with Gasteiger partial charge in [-0.05, 0) is 19.1 Å². The van der Waals surface area contributed by atoms with Crippen molar-refractivity contribution in [2.24, 2.45) is 0 Å². The molecule has 0 N–H and O–H groups in total. The number of nitrogens with zero attached hydrogens (tertiary/aromatic N) is 3. The molecule has 1 aromatic carbocycles. The summed E-state index contributed by atoms with van der Waals surface area (Å²) in [6.45, 7) is 1.74. The number of carbonyl (C=O) groups is 1. The SMILES string of the molecule is Cc1nsc(OCC(=O)N(C)c2ccccc2)n1. The van der Waals surface area contributed by atoms with Gasteiger partial charge in [-0.2, -0.15) is 9.36 Å². The van der Waals surface area contributed by atoms with Gasteiger partial charge < -0.3 is 9.64 Å². The van der Waals surface area contributed by atoms with Crippen LogP contribution in [0.5, 0.6) is 5.19 Å². The number of rotatable bonds is 4. The molecule has 0 spiro atoms. The van der Waals surface area contributed by atoms with Crippen LogP contribution in [0.1, 0.15) is 5.82 Å². The van der Waals surface area contributed by atoms with Crippen LogP contribution in [0.3, 0.4) is 0 Å². The van der Waals surface area contributed by atoms with E-state index in [1.165, 1.54) is 0 Å². The van der Waals surface area contributed by atoms with E-state index >= 15 is 0 Å². The summed E-state index contributed by atoms with van der Waals surface area (Å²) >= 11 is 1.14. The van der Waals surface area contributed by atoms with E-state index in [-0.39, 0.29) is 12.5 Å². The molecule has 0 saturated heterocycles. The Morgan fingerprint density at radius 1 is 1.39 bits per heavy atom. The van der Waals surface area contributed by atoms with Crippen LogP contribution in [0.2, 0.25) is 0 Å². The van der Waals surface area contributed by atoms with E-state index in [9.17, 15) is 4.79 Å². The van der Waals surface area contributed by atoms with Gasteiger partial charge in [-0.15, -0.1) is 0 Å². The summed E-state index contributed by atoms with van der Waals surface area (Å²) in [6, 6.07) is 9.41. The Kier molecular flexibility index (Phi) is 3.88. The number of carbonyl (C=O) groups excluding carboxylic acids is 1. The number of hydrogen-bond donors (Lipinski definition) is 0. The Hall–Kier alpha value is -1.95. The highest BCUT2D eigenvalue weighted by atomic mass is 32.1. The maximum Gasteiger partial charge on any atom is 0.293 e. The van der Waals surface area contributed by atoms with E-state index < -0.39 is 0 Å². The lowest BCUT2D eigenvalue weighted by atomic mass is 10.3. The number of aryl methyl sites for hydroxylation is 1. The molecular formula is C12H13N3O2S. The van der Waals surface area contributed by atoms with Crippen molar-refractivity contribution in [3.63, 3.8) is 0 Å².